The van der Waals surface area contributed by atoms with Crippen LogP contribution in [0.1, 0.15) is 18.3 Å². The number of ether oxygens (including phenoxy) is 2. The number of aromatic nitrogens is 2. The number of amides is 1. The van der Waals surface area contributed by atoms with Crippen LogP contribution in [0, 0.1) is 0 Å². The quantitative estimate of drug-likeness (QED) is 0.330. The van der Waals surface area contributed by atoms with Crippen LogP contribution in [-0.4, -0.2) is 71.7 Å². The van der Waals surface area contributed by atoms with Crippen molar-refractivity contribution in [3.63, 3.8) is 0 Å². The molecule has 0 radical (unpaired) electrons. The molecule has 40 heavy (non-hydrogen) atoms. The van der Waals surface area contributed by atoms with Gasteiger partial charge in [-0.1, -0.05) is 36.4 Å². The van der Waals surface area contributed by atoms with Crippen molar-refractivity contribution in [3.8, 4) is 17.2 Å². The van der Waals surface area contributed by atoms with Crippen molar-refractivity contribution in [1.29, 1.82) is 0 Å². The molecule has 0 unspecified atom stereocenters. The van der Waals surface area contributed by atoms with E-state index in [2.05, 4.69) is 10.2 Å². The molecule has 208 valence electrons. The highest BCUT2D eigenvalue weighted by atomic mass is 16.5. The van der Waals surface area contributed by atoms with Crippen molar-refractivity contribution in [1.82, 2.24) is 24.7 Å². The van der Waals surface area contributed by atoms with Crippen molar-refractivity contribution in [2.75, 3.05) is 46.4 Å². The summed E-state index contributed by atoms with van der Waals surface area (Å²) in [5.41, 5.74) is 2.37. The molecule has 1 amide bonds. The summed E-state index contributed by atoms with van der Waals surface area (Å²) >= 11 is 0. The Labute approximate surface area is 234 Å². The smallest absolute Gasteiger partial charge is 0.266 e. The lowest BCUT2D eigenvalue weighted by molar-refractivity contribution is -0.135. The van der Waals surface area contributed by atoms with E-state index in [1.807, 2.05) is 85.6 Å². The SMILES string of the molecule is CCOc1ccccc1-n1c(CN2CCN(C(=O)COc3ccc(CNC)cc3)CC2)nc2ccccc2c1=O. The number of nitrogens with one attached hydrogen (secondary N) is 1. The maximum Gasteiger partial charge on any atom is 0.266 e. The minimum absolute atomic E-state index is 0.00532. The Morgan fingerprint density at radius 2 is 1.65 bits per heavy atom. The summed E-state index contributed by atoms with van der Waals surface area (Å²) in [7, 11) is 1.90. The van der Waals surface area contributed by atoms with Crippen molar-refractivity contribution in [3.05, 3.63) is 94.5 Å². The first-order chi connectivity index (χ1) is 19.6. The highest BCUT2D eigenvalue weighted by Gasteiger charge is 2.24. The van der Waals surface area contributed by atoms with E-state index in [9.17, 15) is 9.59 Å². The number of hydrogen-bond donors (Lipinski definition) is 1. The van der Waals surface area contributed by atoms with Gasteiger partial charge in [0, 0.05) is 32.7 Å². The Balaban J connectivity index is 1.28. The maximum atomic E-state index is 13.7. The Morgan fingerprint density at radius 3 is 2.40 bits per heavy atom. The maximum absolute atomic E-state index is 13.7. The van der Waals surface area contributed by atoms with Gasteiger partial charge in [-0.05, 0) is 55.9 Å². The summed E-state index contributed by atoms with van der Waals surface area (Å²) in [6.45, 7) is 6.17. The van der Waals surface area contributed by atoms with Crippen LogP contribution >= 0.6 is 0 Å². The van der Waals surface area contributed by atoms with Gasteiger partial charge in [0.1, 0.15) is 17.3 Å². The lowest BCUT2D eigenvalue weighted by Crippen LogP contribution is -2.50. The van der Waals surface area contributed by atoms with Crippen molar-refractivity contribution >= 4 is 16.8 Å². The summed E-state index contributed by atoms with van der Waals surface area (Å²) in [5.74, 6) is 1.92. The van der Waals surface area contributed by atoms with Crippen LogP contribution in [0.2, 0.25) is 0 Å². The second kappa shape index (κ2) is 12.8. The highest BCUT2D eigenvalue weighted by molar-refractivity contribution is 5.78. The molecule has 0 atom stereocenters. The number of fused-ring (bicyclic) bond motifs is 1. The monoisotopic (exact) mass is 541 g/mol. The number of carbonyl (C=O) groups excluding carboxylic acids is 1. The van der Waals surface area contributed by atoms with E-state index in [1.54, 1.807) is 10.6 Å². The van der Waals surface area contributed by atoms with E-state index in [4.69, 9.17) is 14.5 Å². The third-order valence-electron chi connectivity index (χ3n) is 7.01. The Kier molecular flexibility index (Phi) is 8.73. The first-order valence-corrected chi connectivity index (χ1v) is 13.7. The number of benzene rings is 3. The molecular formula is C31H35N5O4. The molecule has 3 aromatic carbocycles. The van der Waals surface area contributed by atoms with Crippen LogP contribution in [0.5, 0.6) is 11.5 Å². The van der Waals surface area contributed by atoms with Crippen molar-refractivity contribution in [2.24, 2.45) is 0 Å². The van der Waals surface area contributed by atoms with Crippen LogP contribution in [0.15, 0.2) is 77.6 Å². The third kappa shape index (κ3) is 6.16. The fourth-order valence-corrected chi connectivity index (χ4v) is 4.95. The molecule has 2 heterocycles. The minimum atomic E-state index is -0.127. The molecule has 0 spiro atoms. The first-order valence-electron chi connectivity index (χ1n) is 13.7. The second-order valence-electron chi connectivity index (χ2n) is 9.71. The topological polar surface area (TPSA) is 88.9 Å². The second-order valence-corrected chi connectivity index (χ2v) is 9.71. The summed E-state index contributed by atoms with van der Waals surface area (Å²) in [4.78, 5) is 35.5. The number of carbonyl (C=O) groups is 1. The Morgan fingerprint density at radius 1 is 0.925 bits per heavy atom. The number of para-hydroxylation sites is 3. The van der Waals surface area contributed by atoms with Gasteiger partial charge in [-0.2, -0.15) is 0 Å². The molecule has 0 saturated carbocycles. The van der Waals surface area contributed by atoms with Gasteiger partial charge in [0.05, 0.1) is 29.7 Å². The molecule has 9 nitrogen and oxygen atoms in total. The number of rotatable bonds is 10. The number of piperazine rings is 1. The summed E-state index contributed by atoms with van der Waals surface area (Å²) in [5, 5.41) is 3.67. The summed E-state index contributed by atoms with van der Waals surface area (Å²) in [6.07, 6.45) is 0. The van der Waals surface area contributed by atoms with Gasteiger partial charge >= 0.3 is 0 Å². The zero-order chi connectivity index (χ0) is 27.9. The van der Waals surface area contributed by atoms with Crippen LogP contribution < -0.4 is 20.3 Å². The van der Waals surface area contributed by atoms with Gasteiger partial charge in [-0.3, -0.25) is 19.1 Å². The van der Waals surface area contributed by atoms with E-state index in [1.165, 1.54) is 0 Å². The number of hydrogen-bond acceptors (Lipinski definition) is 7. The molecule has 1 fully saturated rings. The highest BCUT2D eigenvalue weighted by Crippen LogP contribution is 2.24. The summed E-state index contributed by atoms with van der Waals surface area (Å²) in [6, 6.07) is 22.7. The largest absolute Gasteiger partial charge is 0.492 e. The predicted molar refractivity (Wildman–Crippen MR) is 155 cm³/mol. The van der Waals surface area contributed by atoms with Crippen LogP contribution in [0.3, 0.4) is 0 Å². The Hall–Kier alpha value is -4.21. The van der Waals surface area contributed by atoms with Gasteiger partial charge in [0.15, 0.2) is 6.61 Å². The molecule has 5 rings (SSSR count). The van der Waals surface area contributed by atoms with Crippen LogP contribution in [-0.2, 0) is 17.9 Å². The molecule has 1 aromatic heterocycles. The van der Waals surface area contributed by atoms with E-state index in [-0.39, 0.29) is 18.1 Å². The molecular weight excluding hydrogens is 506 g/mol. The molecule has 1 aliphatic heterocycles. The average molecular weight is 542 g/mol. The van der Waals surface area contributed by atoms with Gasteiger partial charge < -0.3 is 19.7 Å². The molecule has 1 aliphatic rings. The zero-order valence-corrected chi connectivity index (χ0v) is 23.0. The van der Waals surface area contributed by atoms with Crippen molar-refractivity contribution in [2.45, 2.75) is 20.0 Å². The Bertz CT molecular complexity index is 1510. The van der Waals surface area contributed by atoms with E-state index in [0.29, 0.717) is 73.2 Å². The molecule has 1 N–H and O–H groups in total. The van der Waals surface area contributed by atoms with Crippen LogP contribution in [0.4, 0.5) is 0 Å². The average Bonchev–Trinajstić information content (AvgIpc) is 2.98. The lowest BCUT2D eigenvalue weighted by atomic mass is 10.2. The van der Waals surface area contributed by atoms with Gasteiger partial charge in [-0.25, -0.2) is 4.98 Å². The fraction of sp³-hybridized carbons (Fsp3) is 0.323. The standard InChI is InChI=1S/C31H35N5O4/c1-3-39-28-11-7-6-10-27(28)36-29(33-26-9-5-4-8-25(26)31(36)38)21-34-16-18-35(19-17-34)30(37)22-40-24-14-12-23(13-15-24)20-32-2/h4-15,32H,3,16-22H2,1-2H3. The predicted octanol–water partition coefficient (Wildman–Crippen LogP) is 3.23. The molecule has 4 aromatic rings. The first kappa shape index (κ1) is 27.4. The van der Waals surface area contributed by atoms with Crippen molar-refractivity contribution < 1.29 is 14.3 Å². The molecule has 0 bridgehead atoms. The van der Waals surface area contributed by atoms with Gasteiger partial charge in [0.25, 0.3) is 11.5 Å². The third-order valence-corrected chi connectivity index (χ3v) is 7.01. The van der Waals surface area contributed by atoms with E-state index < -0.39 is 0 Å². The van der Waals surface area contributed by atoms with Crippen LogP contribution in [0.25, 0.3) is 16.6 Å². The zero-order valence-electron chi connectivity index (χ0n) is 23.0. The molecule has 0 aliphatic carbocycles. The van der Waals surface area contributed by atoms with E-state index in [0.717, 1.165) is 12.1 Å². The normalized spacial score (nSPS) is 13.9. The lowest BCUT2D eigenvalue weighted by Gasteiger charge is -2.34. The fourth-order valence-electron chi connectivity index (χ4n) is 4.95. The number of nitrogens with zero attached hydrogens (tertiary/aromatic N) is 4. The van der Waals surface area contributed by atoms with Gasteiger partial charge in [-0.15, -0.1) is 0 Å². The minimum Gasteiger partial charge on any atom is -0.492 e. The summed E-state index contributed by atoms with van der Waals surface area (Å²) < 4.78 is 13.3. The van der Waals surface area contributed by atoms with Gasteiger partial charge in [0.2, 0.25) is 0 Å². The molecule has 9 heteroatoms. The van der Waals surface area contributed by atoms with E-state index >= 15 is 0 Å². The molecule has 1 saturated heterocycles.